The van der Waals surface area contributed by atoms with Crippen LogP contribution in [0.15, 0.2) is 88.1 Å². The Hall–Kier alpha value is -3.25. The molecule has 0 aliphatic heterocycles. The van der Waals surface area contributed by atoms with Gasteiger partial charge in [0.05, 0.1) is 22.6 Å². The second-order valence-electron chi connectivity index (χ2n) is 9.21. The van der Waals surface area contributed by atoms with Crippen LogP contribution in [0.1, 0.15) is 50.0 Å². The third kappa shape index (κ3) is 4.80. The van der Waals surface area contributed by atoms with E-state index in [9.17, 15) is 9.59 Å². The van der Waals surface area contributed by atoms with Crippen LogP contribution < -0.4 is 5.56 Å². The highest BCUT2D eigenvalue weighted by Crippen LogP contribution is 2.32. The number of benzene rings is 3. The molecule has 0 spiro atoms. The van der Waals surface area contributed by atoms with Crippen LogP contribution in [0.2, 0.25) is 0 Å². The van der Waals surface area contributed by atoms with Gasteiger partial charge in [-0.15, -0.1) is 0 Å². The van der Waals surface area contributed by atoms with Gasteiger partial charge in [-0.1, -0.05) is 71.2 Å². The van der Waals surface area contributed by atoms with Crippen molar-refractivity contribution in [3.05, 3.63) is 105 Å². The molecule has 6 heteroatoms. The van der Waals surface area contributed by atoms with Crippen LogP contribution in [-0.4, -0.2) is 20.4 Å². The van der Waals surface area contributed by atoms with Gasteiger partial charge in [0.2, 0.25) is 5.91 Å². The number of nitrogens with zero attached hydrogens (tertiary/aromatic N) is 3. The highest BCUT2D eigenvalue weighted by molar-refractivity contribution is 9.10. The van der Waals surface area contributed by atoms with E-state index in [1.54, 1.807) is 10.6 Å². The number of aromatic nitrogens is 2. The summed E-state index contributed by atoms with van der Waals surface area (Å²) in [5, 5.41) is 0.558. The number of para-hydroxylation sites is 1. The summed E-state index contributed by atoms with van der Waals surface area (Å²) in [5.74, 6) is 0.733. The van der Waals surface area contributed by atoms with E-state index >= 15 is 0 Å². The van der Waals surface area contributed by atoms with Gasteiger partial charge in [-0.25, -0.2) is 4.98 Å². The molecule has 35 heavy (non-hydrogen) atoms. The van der Waals surface area contributed by atoms with E-state index in [0.717, 1.165) is 41.4 Å². The number of halogens is 1. The van der Waals surface area contributed by atoms with Gasteiger partial charge in [0, 0.05) is 16.9 Å². The number of rotatable bonds is 6. The largest absolute Gasteiger partial charge is 0.328 e. The van der Waals surface area contributed by atoms with E-state index < -0.39 is 6.04 Å². The molecule has 1 heterocycles. The van der Waals surface area contributed by atoms with Gasteiger partial charge in [0.25, 0.3) is 5.56 Å². The Labute approximate surface area is 213 Å². The maximum atomic E-state index is 13.8. The number of hydrogen-bond donors (Lipinski definition) is 0. The minimum Gasteiger partial charge on any atom is -0.328 e. The lowest BCUT2D eigenvalue weighted by molar-refractivity contribution is -0.138. The zero-order chi connectivity index (χ0) is 24.4. The molecule has 1 fully saturated rings. The number of fused-ring (bicyclic) bond motifs is 1. The highest BCUT2D eigenvalue weighted by atomic mass is 79.9. The van der Waals surface area contributed by atoms with Gasteiger partial charge in [0.1, 0.15) is 5.82 Å². The van der Waals surface area contributed by atoms with Crippen LogP contribution in [0.5, 0.6) is 0 Å². The van der Waals surface area contributed by atoms with E-state index in [4.69, 9.17) is 4.98 Å². The first-order chi connectivity index (χ1) is 17.0. The number of carbonyl (C=O) groups is 1. The van der Waals surface area contributed by atoms with Gasteiger partial charge in [0.15, 0.2) is 0 Å². The predicted molar refractivity (Wildman–Crippen MR) is 142 cm³/mol. The first kappa shape index (κ1) is 23.5. The molecule has 0 bridgehead atoms. The standard InChI is InChI=1S/C29H28BrN3O2/c1-20(32(19-21-9-3-2-4-10-21)28(34)22-11-5-6-12-22)27-31-26-14-8-7-13-25(26)29(35)33(27)24-17-15-23(30)16-18-24/h2-4,7-10,13-18,20,22H,5-6,11-12,19H2,1H3. The molecule has 5 nitrogen and oxygen atoms in total. The Morgan fingerprint density at radius 1 is 1.00 bits per heavy atom. The predicted octanol–water partition coefficient (Wildman–Crippen LogP) is 6.43. The van der Waals surface area contributed by atoms with E-state index in [2.05, 4.69) is 15.9 Å². The first-order valence-corrected chi connectivity index (χ1v) is 12.9. The average molecular weight is 530 g/mol. The Morgan fingerprint density at radius 2 is 1.66 bits per heavy atom. The van der Waals surface area contributed by atoms with Crippen molar-refractivity contribution in [2.75, 3.05) is 0 Å². The first-order valence-electron chi connectivity index (χ1n) is 12.1. The molecule has 5 rings (SSSR count). The van der Waals surface area contributed by atoms with Crippen LogP contribution in [0, 0.1) is 5.92 Å². The van der Waals surface area contributed by atoms with Crippen molar-refractivity contribution < 1.29 is 4.79 Å². The second-order valence-corrected chi connectivity index (χ2v) is 10.1. The molecule has 1 aliphatic rings. The molecule has 0 radical (unpaired) electrons. The number of amides is 1. The van der Waals surface area contributed by atoms with Crippen molar-refractivity contribution in [2.45, 2.75) is 45.2 Å². The smallest absolute Gasteiger partial charge is 0.266 e. The monoisotopic (exact) mass is 529 g/mol. The molecular formula is C29H28BrN3O2. The van der Waals surface area contributed by atoms with Gasteiger partial charge in [-0.2, -0.15) is 0 Å². The molecule has 0 N–H and O–H groups in total. The molecule has 1 aromatic heterocycles. The lowest BCUT2D eigenvalue weighted by Crippen LogP contribution is -2.39. The molecule has 1 amide bonds. The maximum absolute atomic E-state index is 13.8. The summed E-state index contributed by atoms with van der Waals surface area (Å²) in [4.78, 5) is 34.4. The van der Waals surface area contributed by atoms with Gasteiger partial charge in [-0.05, 0) is 61.7 Å². The van der Waals surface area contributed by atoms with Crippen LogP contribution in [0.3, 0.4) is 0 Å². The normalized spacial score (nSPS) is 14.8. The van der Waals surface area contributed by atoms with Crippen molar-refractivity contribution in [3.63, 3.8) is 0 Å². The van der Waals surface area contributed by atoms with E-state index in [0.29, 0.717) is 23.3 Å². The summed E-state index contributed by atoms with van der Waals surface area (Å²) in [6.07, 6.45) is 4.01. The summed E-state index contributed by atoms with van der Waals surface area (Å²) in [5.41, 5.74) is 2.30. The highest BCUT2D eigenvalue weighted by Gasteiger charge is 2.32. The number of hydrogen-bond acceptors (Lipinski definition) is 3. The Balaban J connectivity index is 1.66. The fourth-order valence-corrected chi connectivity index (χ4v) is 5.27. The van der Waals surface area contributed by atoms with Gasteiger partial charge in [-0.3, -0.25) is 14.2 Å². The molecular weight excluding hydrogens is 502 g/mol. The fourth-order valence-electron chi connectivity index (χ4n) is 5.00. The van der Waals surface area contributed by atoms with Crippen molar-refractivity contribution >= 4 is 32.7 Å². The minimum atomic E-state index is -0.399. The van der Waals surface area contributed by atoms with Gasteiger partial charge >= 0.3 is 0 Å². The van der Waals surface area contributed by atoms with Crippen LogP contribution in [-0.2, 0) is 11.3 Å². The summed E-state index contributed by atoms with van der Waals surface area (Å²) in [6, 6.07) is 24.7. The molecule has 178 valence electrons. The summed E-state index contributed by atoms with van der Waals surface area (Å²) in [6.45, 7) is 2.46. The third-order valence-electron chi connectivity index (χ3n) is 6.91. The molecule has 3 aromatic carbocycles. The van der Waals surface area contributed by atoms with Crippen LogP contribution >= 0.6 is 15.9 Å². The summed E-state index contributed by atoms with van der Waals surface area (Å²) in [7, 11) is 0. The molecule has 4 aromatic rings. The maximum Gasteiger partial charge on any atom is 0.266 e. The van der Waals surface area contributed by atoms with Crippen molar-refractivity contribution in [1.29, 1.82) is 0 Å². The zero-order valence-corrected chi connectivity index (χ0v) is 21.3. The van der Waals surface area contributed by atoms with Crippen molar-refractivity contribution in [2.24, 2.45) is 5.92 Å². The SMILES string of the molecule is CC(c1nc2ccccc2c(=O)n1-c1ccc(Br)cc1)N(Cc1ccccc1)C(=O)C1CCCC1. The zero-order valence-electron chi connectivity index (χ0n) is 19.7. The third-order valence-corrected chi connectivity index (χ3v) is 7.44. The molecule has 1 atom stereocenters. The number of carbonyl (C=O) groups excluding carboxylic acids is 1. The topological polar surface area (TPSA) is 55.2 Å². The lowest BCUT2D eigenvalue weighted by atomic mass is 10.0. The van der Waals surface area contributed by atoms with Gasteiger partial charge < -0.3 is 4.90 Å². The quantitative estimate of drug-likeness (QED) is 0.289. The van der Waals surface area contributed by atoms with E-state index in [1.807, 2.05) is 84.6 Å². The minimum absolute atomic E-state index is 0.0227. The molecule has 0 saturated heterocycles. The average Bonchev–Trinajstić information content (AvgIpc) is 3.43. The lowest BCUT2D eigenvalue weighted by Gasteiger charge is -2.32. The Morgan fingerprint density at radius 3 is 2.37 bits per heavy atom. The second kappa shape index (κ2) is 10.2. The summed E-state index contributed by atoms with van der Waals surface area (Å²) < 4.78 is 2.60. The Bertz CT molecular complexity index is 1390. The van der Waals surface area contributed by atoms with E-state index in [-0.39, 0.29) is 17.4 Å². The van der Waals surface area contributed by atoms with Crippen LogP contribution in [0.4, 0.5) is 0 Å². The summed E-state index contributed by atoms with van der Waals surface area (Å²) >= 11 is 3.48. The van der Waals surface area contributed by atoms with E-state index in [1.165, 1.54) is 0 Å². The fraction of sp³-hybridized carbons (Fsp3) is 0.276. The van der Waals surface area contributed by atoms with Crippen LogP contribution in [0.25, 0.3) is 16.6 Å². The van der Waals surface area contributed by atoms with Crippen molar-refractivity contribution in [3.8, 4) is 5.69 Å². The van der Waals surface area contributed by atoms with Crippen molar-refractivity contribution in [1.82, 2.24) is 14.5 Å². The Kier molecular flexibility index (Phi) is 6.82. The molecule has 1 aliphatic carbocycles. The molecule has 1 unspecified atom stereocenters. The molecule has 1 saturated carbocycles.